The highest BCUT2D eigenvalue weighted by atomic mass is 35.5. The van der Waals surface area contributed by atoms with Gasteiger partial charge >= 0.3 is 5.97 Å². The minimum Gasteiger partial charge on any atom is -0.469 e. The van der Waals surface area contributed by atoms with Gasteiger partial charge in [-0.2, -0.15) is 0 Å². The molecule has 0 aliphatic carbocycles. The number of carbonyl (C=O) groups excluding carboxylic acids is 2. The highest BCUT2D eigenvalue weighted by Gasteiger charge is 2.24. The average molecular weight is 395 g/mol. The van der Waals surface area contributed by atoms with Crippen molar-refractivity contribution < 1.29 is 14.3 Å². The van der Waals surface area contributed by atoms with Crippen LogP contribution in [0.3, 0.4) is 0 Å². The van der Waals surface area contributed by atoms with Gasteiger partial charge in [0.2, 0.25) is 0 Å². The number of hydrogen-bond donors (Lipinski definition) is 1. The number of ether oxygens (including phenoxy) is 1. The van der Waals surface area contributed by atoms with E-state index in [0.29, 0.717) is 27.1 Å². The first-order valence-electron chi connectivity index (χ1n) is 8.40. The molecule has 7 heteroatoms. The molecule has 1 aromatic carbocycles. The van der Waals surface area contributed by atoms with E-state index >= 15 is 0 Å². The summed E-state index contributed by atoms with van der Waals surface area (Å²) in [5.74, 6) is -0.216. The second-order valence-electron chi connectivity index (χ2n) is 6.45. The van der Waals surface area contributed by atoms with Crippen molar-refractivity contribution in [2.75, 3.05) is 7.11 Å². The van der Waals surface area contributed by atoms with Crippen molar-refractivity contribution in [1.29, 1.82) is 0 Å². The molecule has 0 aliphatic heterocycles. The standard InChI is InChI=1S/C19H23ClN2O3S/c1-11(2)9-16-21-12(3)18(26-16)19(24)22-15(10-17(23)25-4)13-7-5-6-8-14(13)20/h5-8,11,15H,9-10H2,1-4H3,(H,22,24). The average Bonchev–Trinajstić information content (AvgIpc) is 2.94. The van der Waals surface area contributed by atoms with Crippen molar-refractivity contribution in [1.82, 2.24) is 10.3 Å². The summed E-state index contributed by atoms with van der Waals surface area (Å²) < 4.78 is 4.76. The second-order valence-corrected chi connectivity index (χ2v) is 7.94. The number of amides is 1. The van der Waals surface area contributed by atoms with Crippen LogP contribution in [0.1, 0.15) is 52.2 Å². The van der Waals surface area contributed by atoms with Crippen molar-refractivity contribution in [3.63, 3.8) is 0 Å². The summed E-state index contributed by atoms with van der Waals surface area (Å²) in [5, 5.41) is 4.33. The smallest absolute Gasteiger partial charge is 0.307 e. The lowest BCUT2D eigenvalue weighted by atomic mass is 10.0. The molecule has 1 N–H and O–H groups in total. The largest absolute Gasteiger partial charge is 0.469 e. The first-order valence-corrected chi connectivity index (χ1v) is 9.59. The fourth-order valence-electron chi connectivity index (χ4n) is 2.57. The van der Waals surface area contributed by atoms with E-state index in [4.69, 9.17) is 16.3 Å². The van der Waals surface area contributed by atoms with E-state index in [1.165, 1.54) is 18.4 Å². The van der Waals surface area contributed by atoms with Crippen LogP contribution < -0.4 is 5.32 Å². The number of aromatic nitrogens is 1. The minimum absolute atomic E-state index is 0.00265. The maximum Gasteiger partial charge on any atom is 0.307 e. The van der Waals surface area contributed by atoms with E-state index in [0.717, 1.165) is 11.4 Å². The van der Waals surface area contributed by atoms with Crippen LogP contribution in [0.5, 0.6) is 0 Å². The van der Waals surface area contributed by atoms with Gasteiger partial charge in [-0.25, -0.2) is 4.98 Å². The first kappa shape index (κ1) is 20.4. The molecule has 2 rings (SSSR count). The summed E-state index contributed by atoms with van der Waals surface area (Å²) in [6.07, 6.45) is 0.831. The van der Waals surface area contributed by atoms with Crippen molar-refractivity contribution >= 4 is 34.8 Å². The zero-order valence-corrected chi connectivity index (χ0v) is 16.9. The summed E-state index contributed by atoms with van der Waals surface area (Å²) >= 11 is 7.64. The lowest BCUT2D eigenvalue weighted by Gasteiger charge is -2.19. The fourth-order valence-corrected chi connectivity index (χ4v) is 4.02. The van der Waals surface area contributed by atoms with Gasteiger partial charge in [0.1, 0.15) is 4.88 Å². The van der Waals surface area contributed by atoms with E-state index < -0.39 is 12.0 Å². The Morgan fingerprint density at radius 2 is 2.00 bits per heavy atom. The number of rotatable bonds is 7. The quantitative estimate of drug-likeness (QED) is 0.709. The number of esters is 1. The Morgan fingerprint density at radius 3 is 2.62 bits per heavy atom. The predicted octanol–water partition coefficient (Wildman–Crippen LogP) is 4.34. The SMILES string of the molecule is COC(=O)CC(NC(=O)c1sc(CC(C)C)nc1C)c1ccccc1Cl. The van der Waals surface area contributed by atoms with Gasteiger partial charge in [-0.3, -0.25) is 9.59 Å². The number of nitrogens with zero attached hydrogens (tertiary/aromatic N) is 1. The summed E-state index contributed by atoms with van der Waals surface area (Å²) in [6, 6.07) is 6.56. The zero-order chi connectivity index (χ0) is 19.3. The normalized spacial score (nSPS) is 12.1. The summed E-state index contributed by atoms with van der Waals surface area (Å²) in [6.45, 7) is 6.04. The Labute approximate surface area is 162 Å². The van der Waals surface area contributed by atoms with Gasteiger partial charge in [0, 0.05) is 11.4 Å². The fraction of sp³-hybridized carbons (Fsp3) is 0.421. The van der Waals surface area contributed by atoms with Crippen molar-refractivity contribution in [3.05, 3.63) is 50.4 Å². The molecule has 140 valence electrons. The van der Waals surface area contributed by atoms with E-state index in [1.54, 1.807) is 18.2 Å². The number of aryl methyl sites for hydroxylation is 1. The molecule has 0 saturated heterocycles. The van der Waals surface area contributed by atoms with Crippen LogP contribution in [0.4, 0.5) is 0 Å². The second kappa shape index (κ2) is 9.14. The molecule has 0 aliphatic rings. The lowest BCUT2D eigenvalue weighted by molar-refractivity contribution is -0.141. The third kappa shape index (κ3) is 5.29. The Morgan fingerprint density at radius 1 is 1.31 bits per heavy atom. The maximum atomic E-state index is 12.8. The monoisotopic (exact) mass is 394 g/mol. The maximum absolute atomic E-state index is 12.8. The van der Waals surface area contributed by atoms with E-state index in [2.05, 4.69) is 24.1 Å². The van der Waals surface area contributed by atoms with Crippen LogP contribution in [-0.2, 0) is 16.0 Å². The highest BCUT2D eigenvalue weighted by molar-refractivity contribution is 7.13. The molecule has 2 aromatic rings. The Bertz CT molecular complexity index is 789. The Kier molecular flexibility index (Phi) is 7.17. The number of benzene rings is 1. The van der Waals surface area contributed by atoms with Gasteiger partial charge in [0.15, 0.2) is 0 Å². The number of halogens is 1. The molecule has 1 amide bonds. The number of nitrogens with one attached hydrogen (secondary N) is 1. The molecular formula is C19H23ClN2O3S. The topological polar surface area (TPSA) is 68.3 Å². The molecule has 26 heavy (non-hydrogen) atoms. The van der Waals surface area contributed by atoms with Crippen molar-refractivity contribution in [2.24, 2.45) is 5.92 Å². The highest BCUT2D eigenvalue weighted by Crippen LogP contribution is 2.27. The molecule has 0 radical (unpaired) electrons. The van der Waals surface area contributed by atoms with Crippen LogP contribution in [0.15, 0.2) is 24.3 Å². The van der Waals surface area contributed by atoms with Gasteiger partial charge in [-0.05, 0) is 24.5 Å². The van der Waals surface area contributed by atoms with Gasteiger partial charge in [-0.15, -0.1) is 11.3 Å². The summed E-state index contributed by atoms with van der Waals surface area (Å²) in [7, 11) is 1.32. The number of methoxy groups -OCH3 is 1. The van der Waals surface area contributed by atoms with Crippen molar-refractivity contribution in [2.45, 2.75) is 39.7 Å². The molecule has 1 atom stereocenters. The van der Waals surface area contributed by atoms with Crippen LogP contribution in [0, 0.1) is 12.8 Å². The molecule has 1 heterocycles. The van der Waals surface area contributed by atoms with Gasteiger partial charge in [-0.1, -0.05) is 43.6 Å². The number of hydrogen-bond acceptors (Lipinski definition) is 5. The molecular weight excluding hydrogens is 372 g/mol. The number of thiazole rings is 1. The Balaban J connectivity index is 2.25. The molecule has 0 saturated carbocycles. The molecule has 0 bridgehead atoms. The van der Waals surface area contributed by atoms with Crippen LogP contribution in [0.25, 0.3) is 0 Å². The van der Waals surface area contributed by atoms with Crippen molar-refractivity contribution in [3.8, 4) is 0 Å². The molecule has 1 unspecified atom stereocenters. The van der Waals surface area contributed by atoms with Crippen LogP contribution in [-0.4, -0.2) is 24.0 Å². The number of carbonyl (C=O) groups is 2. The predicted molar refractivity (Wildman–Crippen MR) is 104 cm³/mol. The van der Waals surface area contributed by atoms with E-state index in [9.17, 15) is 9.59 Å². The lowest BCUT2D eigenvalue weighted by Crippen LogP contribution is -2.30. The third-order valence-corrected chi connectivity index (χ3v) is 5.34. The van der Waals surface area contributed by atoms with Gasteiger partial charge in [0.25, 0.3) is 5.91 Å². The molecule has 1 aromatic heterocycles. The van der Waals surface area contributed by atoms with Gasteiger partial charge in [0.05, 0.1) is 30.3 Å². The minimum atomic E-state index is -0.571. The molecule has 5 nitrogen and oxygen atoms in total. The van der Waals surface area contributed by atoms with Crippen LogP contribution >= 0.6 is 22.9 Å². The van der Waals surface area contributed by atoms with E-state index in [-0.39, 0.29) is 12.3 Å². The van der Waals surface area contributed by atoms with Gasteiger partial charge < -0.3 is 10.1 Å². The summed E-state index contributed by atoms with van der Waals surface area (Å²) in [5.41, 5.74) is 1.37. The van der Waals surface area contributed by atoms with Crippen LogP contribution in [0.2, 0.25) is 5.02 Å². The molecule has 0 fully saturated rings. The Hall–Kier alpha value is -1.92. The first-order chi connectivity index (χ1) is 12.3. The van der Waals surface area contributed by atoms with E-state index in [1.807, 2.05) is 13.0 Å². The zero-order valence-electron chi connectivity index (χ0n) is 15.3. The third-order valence-electron chi connectivity index (χ3n) is 3.81. The molecule has 0 spiro atoms. The summed E-state index contributed by atoms with van der Waals surface area (Å²) in [4.78, 5) is 29.6.